The van der Waals surface area contributed by atoms with Crippen molar-refractivity contribution in [2.75, 3.05) is 6.61 Å². The molecule has 0 bridgehead atoms. The number of rotatable bonds is 8. The Labute approximate surface area is 136 Å². The highest BCUT2D eigenvalue weighted by atomic mass is 16.5. The zero-order chi connectivity index (χ0) is 16.7. The van der Waals surface area contributed by atoms with Crippen LogP contribution in [0.1, 0.15) is 38.2 Å². The van der Waals surface area contributed by atoms with E-state index < -0.39 is 6.10 Å². The number of carbonyl (C=O) groups is 1. The van der Waals surface area contributed by atoms with Gasteiger partial charge in [-0.1, -0.05) is 49.3 Å². The van der Waals surface area contributed by atoms with Gasteiger partial charge in [0.15, 0.2) is 5.82 Å². The van der Waals surface area contributed by atoms with Gasteiger partial charge in [0.2, 0.25) is 12.3 Å². The van der Waals surface area contributed by atoms with E-state index in [4.69, 9.17) is 9.26 Å². The number of ether oxygens (including phenoxy) is 1. The zero-order valence-corrected chi connectivity index (χ0v) is 13.7. The summed E-state index contributed by atoms with van der Waals surface area (Å²) >= 11 is 0. The average molecular weight is 317 g/mol. The minimum atomic E-state index is -0.525. The van der Waals surface area contributed by atoms with Crippen LogP contribution in [-0.2, 0) is 16.0 Å². The summed E-state index contributed by atoms with van der Waals surface area (Å²) in [6, 6.07) is 9.51. The number of hydrogen-bond acceptors (Lipinski definition) is 5. The molecule has 0 saturated carbocycles. The first kappa shape index (κ1) is 17.1. The van der Waals surface area contributed by atoms with Crippen molar-refractivity contribution in [3.05, 3.63) is 48.1 Å². The monoisotopic (exact) mass is 317 g/mol. The van der Waals surface area contributed by atoms with Gasteiger partial charge in [-0.05, 0) is 18.4 Å². The van der Waals surface area contributed by atoms with Crippen molar-refractivity contribution < 1.29 is 14.1 Å². The van der Waals surface area contributed by atoms with Crippen LogP contribution in [-0.4, -0.2) is 28.8 Å². The van der Waals surface area contributed by atoms with E-state index in [1.54, 1.807) is 6.92 Å². The molecule has 23 heavy (non-hydrogen) atoms. The minimum Gasteiger partial charge on any atom is -0.368 e. The SMILES string of the molecule is CC(C)COC(C)C(=O)NC(Cc1ccccc1)c1ncon1. The van der Waals surface area contributed by atoms with Crippen LogP contribution in [0.5, 0.6) is 0 Å². The first-order valence-corrected chi connectivity index (χ1v) is 7.78. The van der Waals surface area contributed by atoms with Gasteiger partial charge in [0.25, 0.3) is 0 Å². The van der Waals surface area contributed by atoms with Gasteiger partial charge in [0.05, 0.1) is 6.04 Å². The Morgan fingerprint density at radius 2 is 2.00 bits per heavy atom. The quantitative estimate of drug-likeness (QED) is 0.809. The fourth-order valence-electron chi connectivity index (χ4n) is 2.09. The molecule has 0 aliphatic heterocycles. The van der Waals surface area contributed by atoms with E-state index in [1.165, 1.54) is 6.39 Å². The Morgan fingerprint density at radius 1 is 1.26 bits per heavy atom. The standard InChI is InChI=1S/C17H23N3O3/c1-12(2)10-22-13(3)17(21)19-15(16-18-11-23-20-16)9-14-7-5-4-6-8-14/h4-8,11-13,15H,9-10H2,1-3H3,(H,19,21). The molecule has 0 fully saturated rings. The fourth-order valence-corrected chi connectivity index (χ4v) is 2.09. The lowest BCUT2D eigenvalue weighted by molar-refractivity contribution is -0.133. The molecule has 6 heteroatoms. The molecule has 1 aromatic heterocycles. The summed E-state index contributed by atoms with van der Waals surface area (Å²) < 4.78 is 10.4. The summed E-state index contributed by atoms with van der Waals surface area (Å²) in [5.41, 5.74) is 1.08. The lowest BCUT2D eigenvalue weighted by Gasteiger charge is -2.19. The number of benzene rings is 1. The summed E-state index contributed by atoms with van der Waals surface area (Å²) in [7, 11) is 0. The Morgan fingerprint density at radius 3 is 2.61 bits per heavy atom. The highest BCUT2D eigenvalue weighted by Crippen LogP contribution is 2.15. The summed E-state index contributed by atoms with van der Waals surface area (Å²) in [6.07, 6.45) is 1.32. The van der Waals surface area contributed by atoms with E-state index in [-0.39, 0.29) is 11.9 Å². The second-order valence-corrected chi connectivity index (χ2v) is 5.91. The molecule has 0 aliphatic rings. The maximum absolute atomic E-state index is 12.3. The number of nitrogens with zero attached hydrogens (tertiary/aromatic N) is 2. The fraction of sp³-hybridized carbons (Fsp3) is 0.471. The predicted octanol–water partition coefficient (Wildman–Crippen LogP) is 2.53. The lowest BCUT2D eigenvalue weighted by Crippen LogP contribution is -2.38. The molecule has 1 N–H and O–H groups in total. The van der Waals surface area contributed by atoms with Crippen molar-refractivity contribution in [3.8, 4) is 0 Å². The average Bonchev–Trinajstić information content (AvgIpc) is 3.07. The number of aromatic nitrogens is 2. The molecule has 2 atom stereocenters. The van der Waals surface area contributed by atoms with E-state index >= 15 is 0 Å². The molecule has 1 aromatic carbocycles. The van der Waals surface area contributed by atoms with Crippen molar-refractivity contribution in [1.82, 2.24) is 15.5 Å². The maximum atomic E-state index is 12.3. The van der Waals surface area contributed by atoms with Gasteiger partial charge in [0.1, 0.15) is 6.10 Å². The maximum Gasteiger partial charge on any atom is 0.249 e. The minimum absolute atomic E-state index is 0.184. The van der Waals surface area contributed by atoms with Crippen LogP contribution in [0.3, 0.4) is 0 Å². The van der Waals surface area contributed by atoms with E-state index in [1.807, 2.05) is 44.2 Å². The van der Waals surface area contributed by atoms with Gasteiger partial charge in [-0.3, -0.25) is 4.79 Å². The third-order valence-electron chi connectivity index (χ3n) is 3.34. The summed E-state index contributed by atoms with van der Waals surface area (Å²) in [5.74, 6) is 0.650. The molecular formula is C17H23N3O3. The number of carbonyl (C=O) groups excluding carboxylic acids is 1. The largest absolute Gasteiger partial charge is 0.368 e. The van der Waals surface area contributed by atoms with E-state index in [2.05, 4.69) is 15.5 Å². The molecule has 1 heterocycles. The predicted molar refractivity (Wildman–Crippen MR) is 85.6 cm³/mol. The van der Waals surface area contributed by atoms with Crippen LogP contribution in [0.25, 0.3) is 0 Å². The van der Waals surface area contributed by atoms with Crippen molar-refractivity contribution in [2.45, 2.75) is 39.3 Å². The number of nitrogens with one attached hydrogen (secondary N) is 1. The van der Waals surface area contributed by atoms with Gasteiger partial charge >= 0.3 is 0 Å². The third-order valence-corrected chi connectivity index (χ3v) is 3.34. The zero-order valence-electron chi connectivity index (χ0n) is 13.7. The number of hydrogen-bond donors (Lipinski definition) is 1. The molecule has 6 nitrogen and oxygen atoms in total. The van der Waals surface area contributed by atoms with Crippen molar-refractivity contribution >= 4 is 5.91 Å². The van der Waals surface area contributed by atoms with E-state index in [0.29, 0.717) is 24.8 Å². The molecule has 0 saturated heterocycles. The Kier molecular flexibility index (Phi) is 6.29. The van der Waals surface area contributed by atoms with Gasteiger partial charge in [-0.15, -0.1) is 0 Å². The lowest BCUT2D eigenvalue weighted by atomic mass is 10.1. The molecule has 2 rings (SSSR count). The molecule has 2 unspecified atom stereocenters. The molecule has 0 aliphatic carbocycles. The summed E-state index contributed by atoms with van der Waals surface area (Å²) in [4.78, 5) is 16.4. The smallest absolute Gasteiger partial charge is 0.249 e. The van der Waals surface area contributed by atoms with Gasteiger partial charge in [0, 0.05) is 13.0 Å². The third kappa shape index (κ3) is 5.49. The highest BCUT2D eigenvalue weighted by Gasteiger charge is 2.23. The molecule has 0 spiro atoms. The second kappa shape index (κ2) is 8.43. The Balaban J connectivity index is 2.02. The van der Waals surface area contributed by atoms with Crippen LogP contribution in [0.4, 0.5) is 0 Å². The van der Waals surface area contributed by atoms with Crippen molar-refractivity contribution in [3.63, 3.8) is 0 Å². The van der Waals surface area contributed by atoms with Gasteiger partial charge < -0.3 is 14.6 Å². The summed E-state index contributed by atoms with van der Waals surface area (Å²) in [6.45, 7) is 6.37. The van der Waals surface area contributed by atoms with Crippen LogP contribution < -0.4 is 5.32 Å². The van der Waals surface area contributed by atoms with Crippen molar-refractivity contribution in [2.24, 2.45) is 5.92 Å². The molecular weight excluding hydrogens is 294 g/mol. The van der Waals surface area contributed by atoms with Crippen LogP contribution in [0.2, 0.25) is 0 Å². The van der Waals surface area contributed by atoms with Crippen molar-refractivity contribution in [1.29, 1.82) is 0 Å². The molecule has 1 amide bonds. The number of amides is 1. The van der Waals surface area contributed by atoms with Gasteiger partial charge in [-0.2, -0.15) is 4.98 Å². The van der Waals surface area contributed by atoms with Crippen LogP contribution >= 0.6 is 0 Å². The molecule has 0 radical (unpaired) electrons. The second-order valence-electron chi connectivity index (χ2n) is 5.91. The Bertz CT molecular complexity index is 584. The topological polar surface area (TPSA) is 77.2 Å². The highest BCUT2D eigenvalue weighted by molar-refractivity contribution is 5.80. The van der Waals surface area contributed by atoms with Crippen LogP contribution in [0, 0.1) is 5.92 Å². The molecule has 2 aromatic rings. The summed E-state index contributed by atoms with van der Waals surface area (Å²) in [5, 5.41) is 6.80. The van der Waals surface area contributed by atoms with Gasteiger partial charge in [-0.25, -0.2) is 0 Å². The first-order valence-electron chi connectivity index (χ1n) is 7.78. The van der Waals surface area contributed by atoms with Crippen LogP contribution in [0.15, 0.2) is 41.2 Å². The van der Waals surface area contributed by atoms with E-state index in [0.717, 1.165) is 5.56 Å². The normalized spacial score (nSPS) is 13.7. The molecule has 124 valence electrons. The first-order chi connectivity index (χ1) is 11.1. The Hall–Kier alpha value is -2.21. The van der Waals surface area contributed by atoms with E-state index in [9.17, 15) is 4.79 Å².